The Morgan fingerprint density at radius 1 is 1.10 bits per heavy atom. The monoisotopic (exact) mass is 465 g/mol. The van der Waals surface area contributed by atoms with Crippen LogP contribution in [-0.4, -0.2) is 64.2 Å². The number of carbonyl (C=O) groups excluding carboxylic acids is 2. The van der Waals surface area contributed by atoms with Gasteiger partial charge in [0.2, 0.25) is 15.9 Å². The highest BCUT2D eigenvalue weighted by Gasteiger charge is 2.23. The number of anilines is 1. The molecule has 0 radical (unpaired) electrons. The largest absolute Gasteiger partial charge is 0.378 e. The summed E-state index contributed by atoms with van der Waals surface area (Å²) in [4.78, 5) is 26.7. The van der Waals surface area contributed by atoms with E-state index in [0.29, 0.717) is 42.6 Å². The van der Waals surface area contributed by atoms with Gasteiger partial charge in [-0.1, -0.05) is 29.8 Å². The summed E-state index contributed by atoms with van der Waals surface area (Å²) in [6.07, 6.45) is 1.03. The fraction of sp³-hybridized carbons (Fsp3) is 0.333. The molecule has 1 aliphatic heterocycles. The zero-order valence-corrected chi connectivity index (χ0v) is 18.7. The van der Waals surface area contributed by atoms with E-state index in [9.17, 15) is 18.0 Å². The van der Waals surface area contributed by atoms with E-state index >= 15 is 0 Å². The highest BCUT2D eigenvalue weighted by atomic mass is 35.5. The summed E-state index contributed by atoms with van der Waals surface area (Å²) in [6, 6.07) is 13.3. The standard InChI is InChI=1S/C21H24ClN3O5S/c1-31(28,29)25(15-20(26)23-14-17-4-2-3-5-19(17)22)18-8-6-16(7-9-18)21(27)24-10-12-30-13-11-24/h2-9H,10-15H2,1H3,(H,23,26). The third-order valence-electron chi connectivity index (χ3n) is 4.82. The minimum atomic E-state index is -3.72. The minimum absolute atomic E-state index is 0.141. The second kappa shape index (κ2) is 10.1. The Morgan fingerprint density at radius 3 is 2.35 bits per heavy atom. The average Bonchev–Trinajstić information content (AvgIpc) is 2.76. The molecule has 1 aliphatic rings. The first-order chi connectivity index (χ1) is 14.8. The Labute approximate surface area is 186 Å². The van der Waals surface area contributed by atoms with Gasteiger partial charge < -0.3 is 15.0 Å². The molecule has 10 heteroatoms. The maximum atomic E-state index is 12.6. The van der Waals surface area contributed by atoms with Crippen LogP contribution in [0.3, 0.4) is 0 Å². The maximum Gasteiger partial charge on any atom is 0.254 e. The van der Waals surface area contributed by atoms with Crippen molar-refractivity contribution in [3.05, 3.63) is 64.7 Å². The molecule has 1 fully saturated rings. The zero-order chi connectivity index (χ0) is 22.4. The van der Waals surface area contributed by atoms with Crippen LogP contribution in [0, 0.1) is 0 Å². The van der Waals surface area contributed by atoms with Crippen molar-refractivity contribution in [3.8, 4) is 0 Å². The van der Waals surface area contributed by atoms with Gasteiger partial charge in [-0.3, -0.25) is 13.9 Å². The SMILES string of the molecule is CS(=O)(=O)N(CC(=O)NCc1ccccc1Cl)c1ccc(C(=O)N2CCOCC2)cc1. The van der Waals surface area contributed by atoms with Gasteiger partial charge in [0.25, 0.3) is 5.91 Å². The fourth-order valence-electron chi connectivity index (χ4n) is 3.14. The molecule has 166 valence electrons. The van der Waals surface area contributed by atoms with Gasteiger partial charge in [0.05, 0.1) is 25.2 Å². The molecule has 1 heterocycles. The molecule has 1 N–H and O–H groups in total. The molecule has 0 spiro atoms. The molecule has 0 unspecified atom stereocenters. The van der Waals surface area contributed by atoms with Gasteiger partial charge in [0.15, 0.2) is 0 Å². The van der Waals surface area contributed by atoms with E-state index < -0.39 is 15.9 Å². The van der Waals surface area contributed by atoms with Crippen LogP contribution in [0.25, 0.3) is 0 Å². The van der Waals surface area contributed by atoms with Crippen LogP contribution in [0.15, 0.2) is 48.5 Å². The van der Waals surface area contributed by atoms with E-state index in [1.54, 1.807) is 41.3 Å². The lowest BCUT2D eigenvalue weighted by Gasteiger charge is -2.27. The Morgan fingerprint density at radius 2 is 1.74 bits per heavy atom. The molecule has 2 aromatic carbocycles. The molecule has 1 saturated heterocycles. The van der Waals surface area contributed by atoms with Gasteiger partial charge in [-0.2, -0.15) is 0 Å². The summed E-state index contributed by atoms with van der Waals surface area (Å²) in [5.41, 5.74) is 1.48. The first kappa shape index (κ1) is 23.1. The molecule has 0 aromatic heterocycles. The number of ether oxygens (including phenoxy) is 1. The minimum Gasteiger partial charge on any atom is -0.378 e. The number of hydrogen-bond donors (Lipinski definition) is 1. The first-order valence-corrected chi connectivity index (χ1v) is 11.9. The number of morpholine rings is 1. The smallest absolute Gasteiger partial charge is 0.254 e. The Kier molecular flexibility index (Phi) is 7.53. The zero-order valence-electron chi connectivity index (χ0n) is 17.1. The van der Waals surface area contributed by atoms with E-state index in [0.717, 1.165) is 16.1 Å². The van der Waals surface area contributed by atoms with Crippen LogP contribution in [0.5, 0.6) is 0 Å². The van der Waals surface area contributed by atoms with E-state index in [1.807, 2.05) is 0 Å². The number of sulfonamides is 1. The van der Waals surface area contributed by atoms with Gasteiger partial charge in [-0.25, -0.2) is 8.42 Å². The quantitative estimate of drug-likeness (QED) is 0.673. The number of amides is 2. The molecule has 0 aliphatic carbocycles. The summed E-state index contributed by atoms with van der Waals surface area (Å²) < 4.78 is 30.8. The number of carbonyl (C=O) groups is 2. The van der Waals surface area contributed by atoms with Crippen LogP contribution < -0.4 is 9.62 Å². The number of hydrogen-bond acceptors (Lipinski definition) is 5. The molecule has 2 aromatic rings. The lowest BCUT2D eigenvalue weighted by molar-refractivity contribution is -0.119. The topological polar surface area (TPSA) is 96.0 Å². The first-order valence-electron chi connectivity index (χ1n) is 9.70. The van der Waals surface area contributed by atoms with Crippen LogP contribution in [0.2, 0.25) is 5.02 Å². The van der Waals surface area contributed by atoms with E-state index in [1.165, 1.54) is 12.1 Å². The van der Waals surface area contributed by atoms with Crippen molar-refractivity contribution >= 4 is 39.1 Å². The second-order valence-electron chi connectivity index (χ2n) is 7.09. The van der Waals surface area contributed by atoms with Crippen molar-refractivity contribution in [1.29, 1.82) is 0 Å². The lowest BCUT2D eigenvalue weighted by Crippen LogP contribution is -2.41. The number of rotatable bonds is 7. The summed E-state index contributed by atoms with van der Waals surface area (Å²) in [6.45, 7) is 1.82. The second-order valence-corrected chi connectivity index (χ2v) is 9.40. The molecule has 8 nitrogen and oxygen atoms in total. The van der Waals surface area contributed by atoms with Gasteiger partial charge in [-0.15, -0.1) is 0 Å². The molecule has 0 bridgehead atoms. The van der Waals surface area contributed by atoms with Crippen LogP contribution in [0.1, 0.15) is 15.9 Å². The van der Waals surface area contributed by atoms with Crippen molar-refractivity contribution in [2.45, 2.75) is 6.54 Å². The molecule has 0 saturated carbocycles. The van der Waals surface area contributed by atoms with Gasteiger partial charge in [0.1, 0.15) is 6.54 Å². The Hall–Kier alpha value is -2.62. The molecular weight excluding hydrogens is 442 g/mol. The summed E-state index contributed by atoms with van der Waals surface area (Å²) in [5.74, 6) is -0.614. The third kappa shape index (κ3) is 6.19. The van der Waals surface area contributed by atoms with Crippen molar-refractivity contribution in [1.82, 2.24) is 10.2 Å². The molecule has 3 rings (SSSR count). The molecular formula is C21H24ClN3O5S. The molecule has 0 atom stereocenters. The summed E-state index contributed by atoms with van der Waals surface area (Å²) in [5, 5.41) is 3.20. The van der Waals surface area contributed by atoms with Crippen molar-refractivity contribution in [2.75, 3.05) is 43.4 Å². The highest BCUT2D eigenvalue weighted by Crippen LogP contribution is 2.20. The molecule has 2 amide bonds. The Balaban J connectivity index is 1.68. The van der Waals surface area contributed by atoms with E-state index in [-0.39, 0.29) is 19.0 Å². The van der Waals surface area contributed by atoms with Crippen LogP contribution in [-0.2, 0) is 26.1 Å². The number of benzene rings is 2. The van der Waals surface area contributed by atoms with E-state index in [2.05, 4.69) is 5.32 Å². The molecule has 31 heavy (non-hydrogen) atoms. The predicted octanol–water partition coefficient (Wildman–Crippen LogP) is 1.89. The van der Waals surface area contributed by atoms with Crippen LogP contribution >= 0.6 is 11.6 Å². The maximum absolute atomic E-state index is 12.6. The average molecular weight is 466 g/mol. The predicted molar refractivity (Wildman–Crippen MR) is 119 cm³/mol. The Bertz CT molecular complexity index is 1040. The van der Waals surface area contributed by atoms with Gasteiger partial charge in [0, 0.05) is 30.2 Å². The van der Waals surface area contributed by atoms with Gasteiger partial charge >= 0.3 is 0 Å². The van der Waals surface area contributed by atoms with E-state index in [4.69, 9.17) is 16.3 Å². The van der Waals surface area contributed by atoms with Gasteiger partial charge in [-0.05, 0) is 35.9 Å². The third-order valence-corrected chi connectivity index (χ3v) is 6.33. The van der Waals surface area contributed by atoms with Crippen LogP contribution in [0.4, 0.5) is 5.69 Å². The highest BCUT2D eigenvalue weighted by molar-refractivity contribution is 7.92. The summed E-state index contributed by atoms with van der Waals surface area (Å²) in [7, 11) is -3.72. The number of nitrogens with zero attached hydrogens (tertiary/aromatic N) is 2. The van der Waals surface area contributed by atoms with Crippen molar-refractivity contribution in [2.24, 2.45) is 0 Å². The fourth-order valence-corrected chi connectivity index (χ4v) is 4.20. The van der Waals surface area contributed by atoms with Crippen molar-refractivity contribution < 1.29 is 22.7 Å². The number of halogens is 1. The lowest BCUT2D eigenvalue weighted by atomic mass is 10.1. The summed E-state index contributed by atoms with van der Waals surface area (Å²) >= 11 is 6.08. The number of nitrogens with one attached hydrogen (secondary N) is 1. The van der Waals surface area contributed by atoms with Crippen molar-refractivity contribution in [3.63, 3.8) is 0 Å². The normalized spacial score (nSPS) is 14.2.